The van der Waals surface area contributed by atoms with Crippen molar-refractivity contribution in [3.63, 3.8) is 0 Å². The maximum Gasteiger partial charge on any atom is 0.241 e. The summed E-state index contributed by atoms with van der Waals surface area (Å²) in [6, 6.07) is 7.44. The Hall–Kier alpha value is -1.59. The normalized spacial score (nSPS) is 16.5. The summed E-state index contributed by atoms with van der Waals surface area (Å²) in [6.45, 7) is 6.34. The van der Waals surface area contributed by atoms with Gasteiger partial charge in [0, 0.05) is 18.8 Å². The number of anilines is 1. The third-order valence-electron chi connectivity index (χ3n) is 4.07. The number of carbonyl (C=O) groups is 2. The lowest BCUT2D eigenvalue weighted by molar-refractivity contribution is -0.130. The molecule has 1 aliphatic heterocycles. The van der Waals surface area contributed by atoms with Gasteiger partial charge in [0.15, 0.2) is 0 Å². The molecule has 0 aliphatic carbocycles. The lowest BCUT2D eigenvalue weighted by atomic mass is 10.1. The summed E-state index contributed by atoms with van der Waals surface area (Å²) in [5, 5.41) is 6.09. The molecule has 0 aromatic heterocycles. The van der Waals surface area contributed by atoms with Crippen LogP contribution in [-0.4, -0.2) is 42.4 Å². The Morgan fingerprint density at radius 1 is 1.22 bits per heavy atom. The molecule has 5 nitrogen and oxygen atoms in total. The number of carbonyl (C=O) groups excluding carboxylic acids is 2. The number of hydrogen-bond acceptors (Lipinski definition) is 3. The Morgan fingerprint density at radius 2 is 1.87 bits per heavy atom. The molecule has 0 saturated carbocycles. The minimum atomic E-state index is -0.0797. The van der Waals surface area contributed by atoms with Crippen molar-refractivity contribution in [2.24, 2.45) is 0 Å². The van der Waals surface area contributed by atoms with Crippen molar-refractivity contribution >= 4 is 29.9 Å². The quantitative estimate of drug-likeness (QED) is 0.835. The van der Waals surface area contributed by atoms with Crippen molar-refractivity contribution in [3.8, 4) is 0 Å². The van der Waals surface area contributed by atoms with Crippen molar-refractivity contribution in [1.82, 2.24) is 10.2 Å². The smallest absolute Gasteiger partial charge is 0.241 e. The van der Waals surface area contributed by atoms with Crippen LogP contribution >= 0.6 is 12.4 Å². The van der Waals surface area contributed by atoms with Gasteiger partial charge in [-0.15, -0.1) is 12.4 Å². The van der Waals surface area contributed by atoms with Crippen molar-refractivity contribution in [3.05, 3.63) is 29.8 Å². The summed E-state index contributed by atoms with van der Waals surface area (Å²) in [4.78, 5) is 25.9. The molecule has 1 heterocycles. The van der Waals surface area contributed by atoms with Crippen LogP contribution in [0.1, 0.15) is 32.3 Å². The molecule has 1 aliphatic rings. The highest BCUT2D eigenvalue weighted by atomic mass is 35.5. The molecule has 1 unspecified atom stereocenters. The Balaban J connectivity index is 0.00000264. The SMILES string of the molecule is CCN(CC)C(=O)Cc1ccc(NC(=O)C2CCCN2)cc1.Cl. The van der Waals surface area contributed by atoms with E-state index in [0.717, 1.165) is 43.7 Å². The zero-order valence-corrected chi connectivity index (χ0v) is 14.6. The van der Waals surface area contributed by atoms with Crippen LogP contribution in [0.2, 0.25) is 0 Å². The van der Waals surface area contributed by atoms with Crippen LogP contribution in [0, 0.1) is 0 Å². The van der Waals surface area contributed by atoms with Gasteiger partial charge in [-0.05, 0) is 50.9 Å². The Labute approximate surface area is 144 Å². The third kappa shape index (κ3) is 5.52. The molecule has 1 aromatic rings. The van der Waals surface area contributed by atoms with Crippen LogP contribution in [0.5, 0.6) is 0 Å². The van der Waals surface area contributed by atoms with Gasteiger partial charge in [0.05, 0.1) is 12.5 Å². The van der Waals surface area contributed by atoms with Crippen LogP contribution in [0.3, 0.4) is 0 Å². The lowest BCUT2D eigenvalue weighted by Crippen LogP contribution is -2.35. The number of hydrogen-bond donors (Lipinski definition) is 2. The van der Waals surface area contributed by atoms with E-state index in [1.54, 1.807) is 0 Å². The molecule has 2 amide bonds. The highest BCUT2D eigenvalue weighted by Crippen LogP contribution is 2.13. The van der Waals surface area contributed by atoms with Crippen molar-refractivity contribution in [2.75, 3.05) is 25.0 Å². The molecule has 0 radical (unpaired) electrons. The molecular formula is C17H26ClN3O2. The second kappa shape index (κ2) is 9.53. The molecule has 6 heteroatoms. The van der Waals surface area contributed by atoms with Crippen molar-refractivity contribution in [2.45, 2.75) is 39.2 Å². The van der Waals surface area contributed by atoms with Crippen molar-refractivity contribution in [1.29, 1.82) is 0 Å². The van der Waals surface area contributed by atoms with Gasteiger partial charge < -0.3 is 15.5 Å². The molecule has 128 valence electrons. The average Bonchev–Trinajstić information content (AvgIpc) is 3.05. The van der Waals surface area contributed by atoms with E-state index in [1.807, 2.05) is 43.0 Å². The fourth-order valence-corrected chi connectivity index (χ4v) is 2.71. The first kappa shape index (κ1) is 19.5. The summed E-state index contributed by atoms with van der Waals surface area (Å²) in [5.41, 5.74) is 1.74. The number of likely N-dealkylation sites (N-methyl/N-ethyl adjacent to an activating group) is 1. The van der Waals surface area contributed by atoms with Gasteiger partial charge in [0.2, 0.25) is 11.8 Å². The maximum atomic E-state index is 12.1. The molecule has 1 aromatic carbocycles. The second-order valence-electron chi connectivity index (χ2n) is 5.58. The summed E-state index contributed by atoms with van der Waals surface area (Å²) in [7, 11) is 0. The van der Waals surface area contributed by atoms with Gasteiger partial charge in [0.1, 0.15) is 0 Å². The fraction of sp³-hybridized carbons (Fsp3) is 0.529. The molecule has 1 atom stereocenters. The zero-order valence-electron chi connectivity index (χ0n) is 13.8. The standard InChI is InChI=1S/C17H25N3O2.ClH/c1-3-20(4-2)16(21)12-13-7-9-14(10-8-13)19-17(22)15-6-5-11-18-15;/h7-10,15,18H,3-6,11-12H2,1-2H3,(H,19,22);1H. The molecule has 0 bridgehead atoms. The number of rotatable bonds is 6. The Kier molecular flexibility index (Phi) is 8.06. The molecule has 23 heavy (non-hydrogen) atoms. The minimum absolute atomic E-state index is 0. The fourth-order valence-electron chi connectivity index (χ4n) is 2.71. The molecule has 1 fully saturated rings. The maximum absolute atomic E-state index is 12.1. The number of benzene rings is 1. The van der Waals surface area contributed by atoms with Crippen LogP contribution < -0.4 is 10.6 Å². The van der Waals surface area contributed by atoms with E-state index in [-0.39, 0.29) is 30.3 Å². The van der Waals surface area contributed by atoms with E-state index in [1.165, 1.54) is 0 Å². The van der Waals surface area contributed by atoms with E-state index in [2.05, 4.69) is 10.6 Å². The minimum Gasteiger partial charge on any atom is -0.343 e. The largest absolute Gasteiger partial charge is 0.343 e. The number of nitrogens with zero attached hydrogens (tertiary/aromatic N) is 1. The highest BCUT2D eigenvalue weighted by molar-refractivity contribution is 5.95. The number of amides is 2. The zero-order chi connectivity index (χ0) is 15.9. The average molecular weight is 340 g/mol. The predicted octanol–water partition coefficient (Wildman–Crippen LogP) is 2.21. The molecule has 0 spiro atoms. The van der Waals surface area contributed by atoms with Gasteiger partial charge >= 0.3 is 0 Å². The van der Waals surface area contributed by atoms with Crippen LogP contribution in [0.15, 0.2) is 24.3 Å². The molecule has 1 saturated heterocycles. The van der Waals surface area contributed by atoms with Gasteiger partial charge in [-0.25, -0.2) is 0 Å². The van der Waals surface area contributed by atoms with E-state index in [0.29, 0.717) is 6.42 Å². The van der Waals surface area contributed by atoms with E-state index >= 15 is 0 Å². The topological polar surface area (TPSA) is 61.4 Å². The van der Waals surface area contributed by atoms with E-state index in [4.69, 9.17) is 0 Å². The molecule has 2 N–H and O–H groups in total. The number of nitrogens with one attached hydrogen (secondary N) is 2. The van der Waals surface area contributed by atoms with E-state index < -0.39 is 0 Å². The first-order valence-electron chi connectivity index (χ1n) is 8.05. The lowest BCUT2D eigenvalue weighted by Gasteiger charge is -2.18. The third-order valence-corrected chi connectivity index (χ3v) is 4.07. The molecular weight excluding hydrogens is 314 g/mol. The summed E-state index contributed by atoms with van der Waals surface area (Å²) >= 11 is 0. The van der Waals surface area contributed by atoms with Gasteiger partial charge in [0.25, 0.3) is 0 Å². The van der Waals surface area contributed by atoms with Crippen LogP contribution in [0.25, 0.3) is 0 Å². The summed E-state index contributed by atoms with van der Waals surface area (Å²) < 4.78 is 0. The summed E-state index contributed by atoms with van der Waals surface area (Å²) in [5.74, 6) is 0.154. The number of halogens is 1. The van der Waals surface area contributed by atoms with E-state index in [9.17, 15) is 9.59 Å². The van der Waals surface area contributed by atoms with Crippen LogP contribution in [-0.2, 0) is 16.0 Å². The second-order valence-corrected chi connectivity index (χ2v) is 5.58. The predicted molar refractivity (Wildman–Crippen MR) is 95.0 cm³/mol. The monoisotopic (exact) mass is 339 g/mol. The van der Waals surface area contributed by atoms with Gasteiger partial charge in [-0.1, -0.05) is 12.1 Å². The van der Waals surface area contributed by atoms with Crippen molar-refractivity contribution < 1.29 is 9.59 Å². The first-order chi connectivity index (χ1) is 10.6. The highest BCUT2D eigenvalue weighted by Gasteiger charge is 2.21. The Bertz CT molecular complexity index is 474. The molecule has 2 rings (SSSR count). The Morgan fingerprint density at radius 3 is 2.39 bits per heavy atom. The van der Waals surface area contributed by atoms with Gasteiger partial charge in [-0.2, -0.15) is 0 Å². The van der Waals surface area contributed by atoms with Crippen LogP contribution in [0.4, 0.5) is 5.69 Å². The first-order valence-corrected chi connectivity index (χ1v) is 8.05. The summed E-state index contributed by atoms with van der Waals surface area (Å²) in [6.07, 6.45) is 2.34. The van der Waals surface area contributed by atoms with Gasteiger partial charge in [-0.3, -0.25) is 9.59 Å².